The van der Waals surface area contributed by atoms with Crippen LogP contribution >= 0.6 is 11.3 Å². The first-order valence-corrected chi connectivity index (χ1v) is 7.35. The standard InChI is InChI=1S/C13H18N2O2S/c1-9-6-15(13(16)11-4-14-5-11)7-12(17-9)10-2-3-18-8-10/h2-3,8-9,11-12,14H,4-7H2,1H3. The molecule has 5 heteroatoms. The molecule has 2 saturated heterocycles. The topological polar surface area (TPSA) is 41.6 Å². The lowest BCUT2D eigenvalue weighted by molar-refractivity contribution is -0.150. The van der Waals surface area contributed by atoms with E-state index in [9.17, 15) is 4.79 Å². The number of hydrogen-bond donors (Lipinski definition) is 1. The molecule has 1 aromatic rings. The smallest absolute Gasteiger partial charge is 0.228 e. The number of amides is 1. The van der Waals surface area contributed by atoms with Gasteiger partial charge in [-0.05, 0) is 29.3 Å². The molecule has 2 fully saturated rings. The number of carbonyl (C=O) groups is 1. The molecule has 0 aliphatic carbocycles. The van der Waals surface area contributed by atoms with Crippen LogP contribution in [0.3, 0.4) is 0 Å². The molecule has 1 amide bonds. The van der Waals surface area contributed by atoms with E-state index in [1.165, 1.54) is 5.56 Å². The number of morpholine rings is 1. The summed E-state index contributed by atoms with van der Waals surface area (Å²) in [5.74, 6) is 0.461. The molecule has 0 saturated carbocycles. The van der Waals surface area contributed by atoms with Crippen molar-refractivity contribution in [1.29, 1.82) is 0 Å². The highest BCUT2D eigenvalue weighted by Crippen LogP contribution is 2.27. The lowest BCUT2D eigenvalue weighted by Crippen LogP contribution is -2.55. The average Bonchev–Trinajstić information content (AvgIpc) is 2.79. The van der Waals surface area contributed by atoms with E-state index in [0.29, 0.717) is 6.54 Å². The first kappa shape index (κ1) is 12.1. The minimum Gasteiger partial charge on any atom is -0.367 e. The van der Waals surface area contributed by atoms with Gasteiger partial charge in [-0.2, -0.15) is 11.3 Å². The highest BCUT2D eigenvalue weighted by Gasteiger charge is 2.34. The van der Waals surface area contributed by atoms with Crippen LogP contribution in [0.5, 0.6) is 0 Å². The Balaban J connectivity index is 1.70. The maximum absolute atomic E-state index is 12.3. The predicted molar refractivity (Wildman–Crippen MR) is 70.5 cm³/mol. The van der Waals surface area contributed by atoms with Crippen molar-refractivity contribution in [2.75, 3.05) is 26.2 Å². The minimum absolute atomic E-state index is 0.0389. The second-order valence-corrected chi connectivity index (χ2v) is 5.87. The van der Waals surface area contributed by atoms with Gasteiger partial charge < -0.3 is 15.0 Å². The van der Waals surface area contributed by atoms with Crippen molar-refractivity contribution in [2.45, 2.75) is 19.1 Å². The Morgan fingerprint density at radius 1 is 1.50 bits per heavy atom. The van der Waals surface area contributed by atoms with Gasteiger partial charge in [0.15, 0.2) is 0 Å². The summed E-state index contributed by atoms with van der Waals surface area (Å²) in [6.07, 6.45) is 0.151. The van der Waals surface area contributed by atoms with E-state index in [4.69, 9.17) is 4.74 Å². The summed E-state index contributed by atoms with van der Waals surface area (Å²) in [5.41, 5.74) is 1.19. The molecular weight excluding hydrogens is 248 g/mol. The Hall–Kier alpha value is -0.910. The normalized spacial score (nSPS) is 29.1. The molecule has 4 nitrogen and oxygen atoms in total. The maximum Gasteiger partial charge on any atom is 0.228 e. The second kappa shape index (κ2) is 4.99. The maximum atomic E-state index is 12.3. The van der Waals surface area contributed by atoms with E-state index in [1.54, 1.807) is 11.3 Å². The van der Waals surface area contributed by atoms with Crippen LogP contribution in [-0.2, 0) is 9.53 Å². The van der Waals surface area contributed by atoms with Crippen molar-refractivity contribution in [1.82, 2.24) is 10.2 Å². The van der Waals surface area contributed by atoms with Gasteiger partial charge in [0.1, 0.15) is 6.10 Å². The molecular formula is C13H18N2O2S. The molecule has 98 valence electrons. The first-order valence-electron chi connectivity index (χ1n) is 6.41. The summed E-state index contributed by atoms with van der Waals surface area (Å²) in [5, 5.41) is 7.32. The Morgan fingerprint density at radius 3 is 2.94 bits per heavy atom. The van der Waals surface area contributed by atoms with Crippen molar-refractivity contribution >= 4 is 17.2 Å². The molecule has 2 aliphatic heterocycles. The van der Waals surface area contributed by atoms with Crippen LogP contribution in [0.15, 0.2) is 16.8 Å². The fraction of sp³-hybridized carbons (Fsp3) is 0.615. The van der Waals surface area contributed by atoms with Gasteiger partial charge in [0.25, 0.3) is 0 Å². The number of nitrogens with zero attached hydrogens (tertiary/aromatic N) is 1. The van der Waals surface area contributed by atoms with Crippen molar-refractivity contribution in [3.63, 3.8) is 0 Å². The van der Waals surface area contributed by atoms with E-state index in [0.717, 1.165) is 19.6 Å². The SMILES string of the molecule is CC1CN(C(=O)C2CNC2)CC(c2ccsc2)O1. The van der Waals surface area contributed by atoms with E-state index < -0.39 is 0 Å². The van der Waals surface area contributed by atoms with Crippen LogP contribution in [0.4, 0.5) is 0 Å². The van der Waals surface area contributed by atoms with Gasteiger partial charge in [-0.15, -0.1) is 0 Å². The molecule has 0 bridgehead atoms. The third kappa shape index (κ3) is 2.30. The summed E-state index contributed by atoms with van der Waals surface area (Å²) in [6, 6.07) is 2.08. The molecule has 0 spiro atoms. The Morgan fingerprint density at radius 2 is 2.33 bits per heavy atom. The molecule has 18 heavy (non-hydrogen) atoms. The Bertz CT molecular complexity index is 417. The number of ether oxygens (including phenoxy) is 1. The van der Waals surface area contributed by atoms with Gasteiger partial charge in [-0.1, -0.05) is 0 Å². The van der Waals surface area contributed by atoms with Crippen LogP contribution in [0.1, 0.15) is 18.6 Å². The minimum atomic E-state index is 0.0389. The Labute approximate surface area is 111 Å². The third-order valence-electron chi connectivity index (χ3n) is 3.62. The summed E-state index contributed by atoms with van der Waals surface area (Å²) in [7, 11) is 0. The highest BCUT2D eigenvalue weighted by molar-refractivity contribution is 7.07. The average molecular weight is 266 g/mol. The zero-order valence-electron chi connectivity index (χ0n) is 10.5. The number of nitrogens with one attached hydrogen (secondary N) is 1. The largest absolute Gasteiger partial charge is 0.367 e. The Kier molecular flexibility index (Phi) is 3.37. The van der Waals surface area contributed by atoms with Crippen molar-refractivity contribution < 1.29 is 9.53 Å². The number of thiophene rings is 1. The quantitative estimate of drug-likeness (QED) is 0.876. The monoisotopic (exact) mass is 266 g/mol. The molecule has 0 aromatic carbocycles. The molecule has 3 heterocycles. The second-order valence-electron chi connectivity index (χ2n) is 5.09. The van der Waals surface area contributed by atoms with E-state index in [1.807, 2.05) is 11.8 Å². The fourth-order valence-corrected chi connectivity index (χ4v) is 3.20. The van der Waals surface area contributed by atoms with Crippen molar-refractivity contribution in [3.8, 4) is 0 Å². The van der Waals surface area contributed by atoms with Crippen LogP contribution in [-0.4, -0.2) is 43.1 Å². The van der Waals surface area contributed by atoms with Gasteiger partial charge in [-0.3, -0.25) is 4.79 Å². The van der Waals surface area contributed by atoms with Crippen LogP contribution in [0.2, 0.25) is 0 Å². The summed E-state index contributed by atoms with van der Waals surface area (Å²) >= 11 is 1.67. The molecule has 1 N–H and O–H groups in total. The van der Waals surface area contributed by atoms with Crippen LogP contribution in [0.25, 0.3) is 0 Å². The lowest BCUT2D eigenvalue weighted by Gasteiger charge is -2.40. The molecule has 2 aliphatic rings. The van der Waals surface area contributed by atoms with Gasteiger partial charge in [0, 0.05) is 19.6 Å². The zero-order chi connectivity index (χ0) is 12.5. The zero-order valence-corrected chi connectivity index (χ0v) is 11.3. The molecule has 2 atom stereocenters. The fourth-order valence-electron chi connectivity index (χ4n) is 2.50. The van der Waals surface area contributed by atoms with Crippen molar-refractivity contribution in [3.05, 3.63) is 22.4 Å². The van der Waals surface area contributed by atoms with E-state index >= 15 is 0 Å². The molecule has 3 rings (SSSR count). The van der Waals surface area contributed by atoms with Gasteiger partial charge in [-0.25, -0.2) is 0 Å². The molecule has 0 radical (unpaired) electrons. The van der Waals surface area contributed by atoms with Crippen molar-refractivity contribution in [2.24, 2.45) is 5.92 Å². The van der Waals surface area contributed by atoms with E-state index in [-0.39, 0.29) is 24.0 Å². The molecule has 2 unspecified atom stereocenters. The number of carbonyl (C=O) groups excluding carboxylic acids is 1. The summed E-state index contributed by atoms with van der Waals surface area (Å²) < 4.78 is 5.94. The van der Waals surface area contributed by atoms with Gasteiger partial charge in [0.05, 0.1) is 18.6 Å². The summed E-state index contributed by atoms with van der Waals surface area (Å²) in [6.45, 7) is 5.10. The number of rotatable bonds is 2. The van der Waals surface area contributed by atoms with E-state index in [2.05, 4.69) is 22.1 Å². The predicted octanol–water partition coefficient (Wildman–Crippen LogP) is 1.26. The third-order valence-corrected chi connectivity index (χ3v) is 4.32. The van der Waals surface area contributed by atoms with Crippen LogP contribution in [0, 0.1) is 5.92 Å². The summed E-state index contributed by atoms with van der Waals surface area (Å²) in [4.78, 5) is 14.2. The van der Waals surface area contributed by atoms with Crippen LogP contribution < -0.4 is 5.32 Å². The number of hydrogen-bond acceptors (Lipinski definition) is 4. The van der Waals surface area contributed by atoms with Gasteiger partial charge >= 0.3 is 0 Å². The lowest BCUT2D eigenvalue weighted by atomic mass is 10.00. The highest BCUT2D eigenvalue weighted by atomic mass is 32.1. The first-order chi connectivity index (χ1) is 8.74. The molecule has 1 aromatic heterocycles. The van der Waals surface area contributed by atoms with Gasteiger partial charge in [0.2, 0.25) is 5.91 Å².